The summed E-state index contributed by atoms with van der Waals surface area (Å²) in [5, 5.41) is 13.8. The predicted octanol–water partition coefficient (Wildman–Crippen LogP) is 16.0. The second-order valence-electron chi connectivity index (χ2n) is 20.0. The van der Waals surface area contributed by atoms with Crippen LogP contribution in [-0.2, 0) is 18.4 Å². The zero-order valence-corrected chi connectivity index (χ0v) is 43.5. The van der Waals surface area contributed by atoms with E-state index in [2.05, 4.69) is 31.3 Å². The van der Waals surface area contributed by atoms with Gasteiger partial charge in [-0.15, -0.1) is 0 Å². The Morgan fingerprint density at radius 2 is 0.873 bits per heavy atom. The minimum atomic E-state index is -4.34. The summed E-state index contributed by atoms with van der Waals surface area (Å²) < 4.78 is 23.6. The molecule has 0 rings (SSSR count). The van der Waals surface area contributed by atoms with Gasteiger partial charge in [0, 0.05) is 6.42 Å². The number of hydrogen-bond acceptors (Lipinski definition) is 5. The molecule has 0 spiro atoms. The number of carbonyl (C=O) groups is 1. The molecule has 63 heavy (non-hydrogen) atoms. The Labute approximate surface area is 392 Å². The van der Waals surface area contributed by atoms with Gasteiger partial charge in [-0.1, -0.05) is 250 Å². The smallest absolute Gasteiger partial charge is 0.387 e. The maximum atomic E-state index is 12.9. The molecule has 0 aliphatic heterocycles. The second-order valence-corrected chi connectivity index (χ2v) is 21.4. The van der Waals surface area contributed by atoms with Gasteiger partial charge in [0.2, 0.25) is 5.91 Å². The normalized spacial score (nSPS) is 14.2. The van der Waals surface area contributed by atoms with E-state index in [1.54, 1.807) is 6.08 Å². The SMILES string of the molecule is CCCCCC/C=C/CC/C=C/C(O)C(COP(=O)(O)OCC[N+](C)(C)C)NC(=O)CCCCCCCCCCCCCCCCCCCCCCCCCCCCCCCCC. The fourth-order valence-electron chi connectivity index (χ4n) is 8.12. The molecule has 3 atom stereocenters. The maximum absolute atomic E-state index is 12.9. The van der Waals surface area contributed by atoms with E-state index in [4.69, 9.17) is 9.05 Å². The van der Waals surface area contributed by atoms with Gasteiger partial charge >= 0.3 is 7.82 Å². The summed E-state index contributed by atoms with van der Waals surface area (Å²) in [5.41, 5.74) is 0. The Kier molecular flexibility index (Phi) is 45.4. The fourth-order valence-corrected chi connectivity index (χ4v) is 8.85. The average Bonchev–Trinajstić information content (AvgIpc) is 3.24. The molecule has 3 N–H and O–H groups in total. The number of allylic oxidation sites excluding steroid dienone is 3. The van der Waals surface area contributed by atoms with Crippen molar-refractivity contribution in [2.45, 2.75) is 276 Å². The van der Waals surface area contributed by atoms with Crippen LogP contribution in [0.5, 0.6) is 0 Å². The number of phosphoric ester groups is 1. The van der Waals surface area contributed by atoms with Crippen molar-refractivity contribution in [2.24, 2.45) is 0 Å². The van der Waals surface area contributed by atoms with Gasteiger partial charge in [-0.05, 0) is 32.1 Å². The van der Waals surface area contributed by atoms with E-state index >= 15 is 0 Å². The standard InChI is InChI=1S/C54H107N2O6P/c1-6-8-10-12-14-16-18-19-20-21-22-23-24-25-26-27-28-29-30-31-32-33-34-35-36-37-38-40-42-44-46-48-54(58)55-52(51-62-63(59,60)61-50-49-56(3,4)5)53(57)47-45-43-41-39-17-15-13-11-9-7-2/h17,39,45,47,52-53,57H,6-16,18-38,40-44,46,48-51H2,1-5H3,(H-,55,58,59,60)/p+1/b39-17+,47-45+. The molecule has 9 heteroatoms. The number of quaternary nitrogens is 1. The summed E-state index contributed by atoms with van der Waals surface area (Å²) in [6.45, 7) is 4.78. The number of likely N-dealkylation sites (N-methyl/N-ethyl adjacent to an activating group) is 1. The van der Waals surface area contributed by atoms with Crippen LogP contribution in [0.25, 0.3) is 0 Å². The lowest BCUT2D eigenvalue weighted by Gasteiger charge is -2.25. The number of unbranched alkanes of at least 4 members (excludes halogenated alkanes) is 35. The third-order valence-corrected chi connectivity index (χ3v) is 13.4. The van der Waals surface area contributed by atoms with Crippen LogP contribution in [0.4, 0.5) is 0 Å². The number of hydrogen-bond donors (Lipinski definition) is 3. The monoisotopic (exact) mass is 912 g/mol. The molecule has 0 aliphatic carbocycles. The third kappa shape index (κ3) is 48.7. The first-order valence-corrected chi connectivity index (χ1v) is 28.7. The van der Waals surface area contributed by atoms with E-state index in [0.717, 1.165) is 38.5 Å². The number of nitrogens with one attached hydrogen (secondary N) is 1. The maximum Gasteiger partial charge on any atom is 0.472 e. The molecule has 0 saturated heterocycles. The summed E-state index contributed by atoms with van der Waals surface area (Å²) in [6.07, 6.45) is 57.4. The summed E-state index contributed by atoms with van der Waals surface area (Å²) in [7, 11) is 1.56. The Morgan fingerprint density at radius 1 is 0.524 bits per heavy atom. The molecule has 0 heterocycles. The summed E-state index contributed by atoms with van der Waals surface area (Å²) >= 11 is 0. The molecule has 1 amide bonds. The van der Waals surface area contributed by atoms with Crippen molar-refractivity contribution in [1.29, 1.82) is 0 Å². The number of aliphatic hydroxyl groups is 1. The summed E-state index contributed by atoms with van der Waals surface area (Å²) in [5.74, 6) is -0.184. The molecule has 0 fully saturated rings. The highest BCUT2D eigenvalue weighted by atomic mass is 31.2. The molecule has 0 aromatic carbocycles. The molecule has 0 aromatic heterocycles. The number of amides is 1. The van der Waals surface area contributed by atoms with Gasteiger partial charge < -0.3 is 19.8 Å². The van der Waals surface area contributed by atoms with Crippen molar-refractivity contribution in [2.75, 3.05) is 40.9 Å². The van der Waals surface area contributed by atoms with Gasteiger partial charge in [0.05, 0.1) is 39.9 Å². The van der Waals surface area contributed by atoms with E-state index < -0.39 is 20.0 Å². The fraction of sp³-hybridized carbons (Fsp3) is 0.907. The molecule has 0 saturated carbocycles. The Balaban J connectivity index is 3.95. The second kappa shape index (κ2) is 46.1. The lowest BCUT2D eigenvalue weighted by atomic mass is 10.0. The van der Waals surface area contributed by atoms with Crippen molar-refractivity contribution < 1.29 is 32.9 Å². The number of carbonyl (C=O) groups excluding carboxylic acids is 1. The molecule has 0 radical (unpaired) electrons. The lowest BCUT2D eigenvalue weighted by Crippen LogP contribution is -2.45. The zero-order chi connectivity index (χ0) is 46.4. The number of nitrogens with zero attached hydrogens (tertiary/aromatic N) is 1. The van der Waals surface area contributed by atoms with Crippen LogP contribution in [0.1, 0.15) is 264 Å². The van der Waals surface area contributed by atoms with Gasteiger partial charge in [0.1, 0.15) is 13.2 Å². The Bertz CT molecular complexity index is 1080. The first-order valence-electron chi connectivity index (χ1n) is 27.2. The quantitative estimate of drug-likeness (QED) is 0.0243. The summed E-state index contributed by atoms with van der Waals surface area (Å²) in [4.78, 5) is 23.1. The van der Waals surface area contributed by atoms with Crippen LogP contribution in [0.15, 0.2) is 24.3 Å². The minimum absolute atomic E-state index is 0.0581. The highest BCUT2D eigenvalue weighted by Gasteiger charge is 2.27. The molecular formula is C54H108N2O6P+. The molecular weight excluding hydrogens is 804 g/mol. The molecule has 8 nitrogen and oxygen atoms in total. The lowest BCUT2D eigenvalue weighted by molar-refractivity contribution is -0.870. The zero-order valence-electron chi connectivity index (χ0n) is 42.6. The molecule has 3 unspecified atom stereocenters. The van der Waals surface area contributed by atoms with Gasteiger partial charge in [-0.2, -0.15) is 0 Å². The van der Waals surface area contributed by atoms with Gasteiger partial charge in [-0.25, -0.2) is 4.57 Å². The van der Waals surface area contributed by atoms with Crippen LogP contribution >= 0.6 is 7.82 Å². The van der Waals surface area contributed by atoms with E-state index in [9.17, 15) is 19.4 Å². The van der Waals surface area contributed by atoms with Crippen molar-refractivity contribution in [3.63, 3.8) is 0 Å². The van der Waals surface area contributed by atoms with E-state index in [1.165, 1.54) is 205 Å². The van der Waals surface area contributed by atoms with Crippen LogP contribution < -0.4 is 5.32 Å². The third-order valence-electron chi connectivity index (χ3n) is 12.4. The average molecular weight is 912 g/mol. The van der Waals surface area contributed by atoms with Crippen LogP contribution in [0.2, 0.25) is 0 Å². The van der Waals surface area contributed by atoms with Crippen molar-refractivity contribution in [3.8, 4) is 0 Å². The van der Waals surface area contributed by atoms with E-state index in [1.807, 2.05) is 27.2 Å². The Morgan fingerprint density at radius 3 is 1.27 bits per heavy atom. The van der Waals surface area contributed by atoms with Crippen LogP contribution in [-0.4, -0.2) is 73.4 Å². The molecule has 374 valence electrons. The molecule has 0 aromatic rings. The van der Waals surface area contributed by atoms with E-state index in [0.29, 0.717) is 17.4 Å². The van der Waals surface area contributed by atoms with Gasteiger partial charge in [0.15, 0.2) is 0 Å². The first-order chi connectivity index (χ1) is 30.5. The van der Waals surface area contributed by atoms with Crippen LogP contribution in [0.3, 0.4) is 0 Å². The topological polar surface area (TPSA) is 105 Å². The van der Waals surface area contributed by atoms with Crippen molar-refractivity contribution >= 4 is 13.7 Å². The number of phosphoric acid groups is 1. The molecule has 0 bridgehead atoms. The van der Waals surface area contributed by atoms with E-state index in [-0.39, 0.29) is 19.1 Å². The van der Waals surface area contributed by atoms with Crippen LogP contribution in [0, 0.1) is 0 Å². The minimum Gasteiger partial charge on any atom is -0.387 e. The number of rotatable bonds is 50. The summed E-state index contributed by atoms with van der Waals surface area (Å²) in [6, 6.07) is -0.858. The largest absolute Gasteiger partial charge is 0.472 e. The molecule has 0 aliphatic rings. The first kappa shape index (κ1) is 62.0. The van der Waals surface area contributed by atoms with Crippen molar-refractivity contribution in [3.05, 3.63) is 24.3 Å². The highest BCUT2D eigenvalue weighted by Crippen LogP contribution is 2.43. The highest BCUT2D eigenvalue weighted by molar-refractivity contribution is 7.47. The predicted molar refractivity (Wildman–Crippen MR) is 272 cm³/mol. The Hall–Kier alpha value is -1.02. The van der Waals surface area contributed by atoms with Gasteiger partial charge in [0.25, 0.3) is 0 Å². The number of aliphatic hydroxyl groups excluding tert-OH is 1. The van der Waals surface area contributed by atoms with Gasteiger partial charge in [-0.3, -0.25) is 13.8 Å². The van der Waals surface area contributed by atoms with Crippen molar-refractivity contribution in [1.82, 2.24) is 5.32 Å².